The van der Waals surface area contributed by atoms with Crippen LogP contribution in [0.4, 0.5) is 15.8 Å². The molecule has 0 unspecified atom stereocenters. The van der Waals surface area contributed by atoms with Gasteiger partial charge >= 0.3 is 0 Å². The van der Waals surface area contributed by atoms with Gasteiger partial charge in [0.2, 0.25) is 5.91 Å². The van der Waals surface area contributed by atoms with Crippen LogP contribution >= 0.6 is 0 Å². The molecule has 3 N–H and O–H groups in total. The van der Waals surface area contributed by atoms with Gasteiger partial charge in [-0.1, -0.05) is 0 Å². The SMILES string of the molecule is Nc1cc(NC(=O)CCOC2COC2)ccc1F. The molecule has 18 heavy (non-hydrogen) atoms. The lowest BCUT2D eigenvalue weighted by Crippen LogP contribution is -2.36. The van der Waals surface area contributed by atoms with Crippen LogP contribution in [0.25, 0.3) is 0 Å². The third-order valence-electron chi connectivity index (χ3n) is 2.57. The summed E-state index contributed by atoms with van der Waals surface area (Å²) >= 11 is 0. The molecule has 1 saturated heterocycles. The van der Waals surface area contributed by atoms with Gasteiger partial charge in [-0.25, -0.2) is 4.39 Å². The van der Waals surface area contributed by atoms with E-state index in [1.165, 1.54) is 18.2 Å². The Hall–Kier alpha value is -1.66. The van der Waals surface area contributed by atoms with Gasteiger partial charge < -0.3 is 20.5 Å². The number of benzene rings is 1. The molecule has 2 rings (SSSR count). The summed E-state index contributed by atoms with van der Waals surface area (Å²) in [5, 5.41) is 2.62. The van der Waals surface area contributed by atoms with Crippen molar-refractivity contribution in [3.63, 3.8) is 0 Å². The van der Waals surface area contributed by atoms with Crippen molar-refractivity contribution in [2.24, 2.45) is 0 Å². The maximum absolute atomic E-state index is 12.9. The summed E-state index contributed by atoms with van der Waals surface area (Å²) in [5.41, 5.74) is 5.88. The van der Waals surface area contributed by atoms with Gasteiger partial charge in [0, 0.05) is 5.69 Å². The van der Waals surface area contributed by atoms with Crippen LogP contribution in [-0.4, -0.2) is 31.8 Å². The quantitative estimate of drug-likeness (QED) is 0.773. The number of anilines is 2. The number of nitrogens with one attached hydrogen (secondary N) is 1. The van der Waals surface area contributed by atoms with Crippen LogP contribution in [0.2, 0.25) is 0 Å². The zero-order chi connectivity index (χ0) is 13.0. The van der Waals surface area contributed by atoms with Crippen LogP contribution in [0.3, 0.4) is 0 Å². The maximum Gasteiger partial charge on any atom is 0.226 e. The number of amides is 1. The molecule has 0 bridgehead atoms. The zero-order valence-electron chi connectivity index (χ0n) is 9.82. The third kappa shape index (κ3) is 3.41. The molecule has 0 aliphatic carbocycles. The topological polar surface area (TPSA) is 73.6 Å². The van der Waals surface area contributed by atoms with Crippen LogP contribution in [0.15, 0.2) is 18.2 Å². The largest absolute Gasteiger partial charge is 0.396 e. The Morgan fingerprint density at radius 2 is 2.33 bits per heavy atom. The first kappa shape index (κ1) is 12.8. The monoisotopic (exact) mass is 254 g/mol. The van der Waals surface area contributed by atoms with Gasteiger partial charge in [0.15, 0.2) is 0 Å². The minimum atomic E-state index is -0.499. The van der Waals surface area contributed by atoms with E-state index in [0.717, 1.165) is 0 Å². The molecule has 0 spiro atoms. The van der Waals surface area contributed by atoms with Crippen molar-refractivity contribution < 1.29 is 18.7 Å². The van der Waals surface area contributed by atoms with E-state index in [1.54, 1.807) is 0 Å². The number of nitrogens with two attached hydrogens (primary N) is 1. The molecule has 5 nitrogen and oxygen atoms in total. The van der Waals surface area contributed by atoms with Gasteiger partial charge in [0.05, 0.1) is 31.9 Å². The molecule has 1 aromatic carbocycles. The van der Waals surface area contributed by atoms with Crippen molar-refractivity contribution in [1.29, 1.82) is 0 Å². The standard InChI is InChI=1S/C12H15FN2O3/c13-10-2-1-8(5-11(10)14)15-12(16)3-4-18-9-6-17-7-9/h1-2,5,9H,3-4,6-7,14H2,(H,15,16). The van der Waals surface area contributed by atoms with Gasteiger partial charge in [0.1, 0.15) is 11.9 Å². The van der Waals surface area contributed by atoms with E-state index >= 15 is 0 Å². The molecule has 1 aliphatic heterocycles. The minimum Gasteiger partial charge on any atom is -0.396 e. The highest BCUT2D eigenvalue weighted by atomic mass is 19.1. The second-order valence-electron chi connectivity index (χ2n) is 4.06. The van der Waals surface area contributed by atoms with Crippen LogP contribution in [0.1, 0.15) is 6.42 Å². The van der Waals surface area contributed by atoms with Gasteiger partial charge in [0.25, 0.3) is 0 Å². The highest BCUT2D eigenvalue weighted by Gasteiger charge is 2.18. The number of ether oxygens (including phenoxy) is 2. The fourth-order valence-electron chi connectivity index (χ4n) is 1.47. The summed E-state index contributed by atoms with van der Waals surface area (Å²) < 4.78 is 23.2. The highest BCUT2D eigenvalue weighted by molar-refractivity contribution is 5.91. The van der Waals surface area contributed by atoms with Crippen LogP contribution in [0, 0.1) is 5.82 Å². The Morgan fingerprint density at radius 3 is 2.94 bits per heavy atom. The molecule has 1 heterocycles. The Morgan fingerprint density at radius 1 is 1.56 bits per heavy atom. The molecule has 1 amide bonds. The van der Waals surface area contributed by atoms with Gasteiger partial charge in [-0.15, -0.1) is 0 Å². The normalized spacial score (nSPS) is 15.2. The maximum atomic E-state index is 12.9. The first-order valence-electron chi connectivity index (χ1n) is 5.69. The first-order chi connectivity index (χ1) is 8.65. The summed E-state index contributed by atoms with van der Waals surface area (Å²) in [7, 11) is 0. The zero-order valence-corrected chi connectivity index (χ0v) is 9.82. The summed E-state index contributed by atoms with van der Waals surface area (Å²) in [5.74, 6) is -0.692. The number of hydrogen-bond acceptors (Lipinski definition) is 4. The number of hydrogen-bond donors (Lipinski definition) is 2. The van der Waals surface area contributed by atoms with Crippen molar-refractivity contribution in [3.8, 4) is 0 Å². The van der Waals surface area contributed by atoms with E-state index in [0.29, 0.717) is 25.5 Å². The summed E-state index contributed by atoms with van der Waals surface area (Å²) in [6, 6.07) is 4.06. The van der Waals surface area contributed by atoms with Gasteiger partial charge in [-0.05, 0) is 18.2 Å². The molecule has 1 fully saturated rings. The molecule has 98 valence electrons. The fourth-order valence-corrected chi connectivity index (χ4v) is 1.47. The molecule has 0 atom stereocenters. The molecule has 6 heteroatoms. The highest BCUT2D eigenvalue weighted by Crippen LogP contribution is 2.16. The van der Waals surface area contributed by atoms with Crippen molar-refractivity contribution in [1.82, 2.24) is 0 Å². The lowest BCUT2D eigenvalue weighted by Gasteiger charge is -2.25. The molecular formula is C12H15FN2O3. The Kier molecular flexibility index (Phi) is 4.11. The second kappa shape index (κ2) is 5.79. The second-order valence-corrected chi connectivity index (χ2v) is 4.06. The third-order valence-corrected chi connectivity index (χ3v) is 2.57. The summed E-state index contributed by atoms with van der Waals surface area (Å²) in [6.45, 7) is 1.53. The van der Waals surface area contributed by atoms with E-state index in [4.69, 9.17) is 15.2 Å². The van der Waals surface area contributed by atoms with Gasteiger partial charge in [-0.3, -0.25) is 4.79 Å². The molecule has 0 saturated carbocycles. The Bertz CT molecular complexity index is 435. The van der Waals surface area contributed by atoms with Crippen molar-refractivity contribution in [2.75, 3.05) is 30.9 Å². The smallest absolute Gasteiger partial charge is 0.226 e. The van der Waals surface area contributed by atoms with Crippen molar-refractivity contribution >= 4 is 17.3 Å². The van der Waals surface area contributed by atoms with E-state index < -0.39 is 5.82 Å². The van der Waals surface area contributed by atoms with Crippen LogP contribution in [-0.2, 0) is 14.3 Å². The van der Waals surface area contributed by atoms with Crippen LogP contribution in [0.5, 0.6) is 0 Å². The van der Waals surface area contributed by atoms with Crippen molar-refractivity contribution in [2.45, 2.75) is 12.5 Å². The first-order valence-corrected chi connectivity index (χ1v) is 5.69. The molecule has 1 aliphatic rings. The van der Waals surface area contributed by atoms with E-state index in [2.05, 4.69) is 5.32 Å². The van der Waals surface area contributed by atoms with Crippen LogP contribution < -0.4 is 11.1 Å². The lowest BCUT2D eigenvalue weighted by molar-refractivity contribution is -0.135. The number of rotatable bonds is 5. The number of nitrogen functional groups attached to an aromatic ring is 1. The molecular weight excluding hydrogens is 239 g/mol. The number of carbonyl (C=O) groups excluding carboxylic acids is 1. The Labute approximate surface area is 104 Å². The molecule has 0 aromatic heterocycles. The molecule has 0 radical (unpaired) electrons. The summed E-state index contributed by atoms with van der Waals surface area (Å²) in [4.78, 5) is 11.5. The summed E-state index contributed by atoms with van der Waals surface area (Å²) in [6.07, 6.45) is 0.354. The predicted molar refractivity (Wildman–Crippen MR) is 64.6 cm³/mol. The van der Waals surface area contributed by atoms with E-state index in [1.807, 2.05) is 0 Å². The predicted octanol–water partition coefficient (Wildman–Crippen LogP) is 1.15. The average Bonchev–Trinajstić information content (AvgIpc) is 2.27. The minimum absolute atomic E-state index is 0.00988. The average molecular weight is 254 g/mol. The van der Waals surface area contributed by atoms with Gasteiger partial charge in [-0.2, -0.15) is 0 Å². The number of carbonyl (C=O) groups is 1. The number of halogens is 1. The molecule has 1 aromatic rings. The van der Waals surface area contributed by atoms with Crippen molar-refractivity contribution in [3.05, 3.63) is 24.0 Å². The van der Waals surface area contributed by atoms with E-state index in [-0.39, 0.29) is 24.1 Å². The fraction of sp³-hybridized carbons (Fsp3) is 0.417. The lowest BCUT2D eigenvalue weighted by atomic mass is 10.2. The van der Waals surface area contributed by atoms with E-state index in [9.17, 15) is 9.18 Å². The Balaban J connectivity index is 1.73.